The van der Waals surface area contributed by atoms with Gasteiger partial charge in [0.1, 0.15) is 0 Å². The Balaban J connectivity index is 1.29. The molecule has 0 aliphatic rings. The third-order valence-corrected chi connectivity index (χ3v) is 10.7. The van der Waals surface area contributed by atoms with Gasteiger partial charge in [-0.2, -0.15) is 0 Å². The second kappa shape index (κ2) is 11.6. The lowest BCUT2D eigenvalue weighted by Gasteiger charge is -2.30. The molecule has 0 heterocycles. The number of aryl methyl sites for hydroxylation is 2. The van der Waals surface area contributed by atoms with Crippen molar-refractivity contribution in [2.24, 2.45) is 0 Å². The molecule has 10 aromatic rings. The van der Waals surface area contributed by atoms with Crippen LogP contribution in [-0.2, 0) is 0 Å². The third-order valence-electron chi connectivity index (χ3n) is 10.7. The fourth-order valence-corrected chi connectivity index (χ4v) is 8.25. The molecule has 10 aromatic carbocycles. The molecule has 0 bridgehead atoms. The van der Waals surface area contributed by atoms with E-state index in [-0.39, 0.29) is 0 Å². The number of anilines is 3. The average Bonchev–Trinajstić information content (AvgIpc) is 3.17. The summed E-state index contributed by atoms with van der Waals surface area (Å²) >= 11 is 0. The lowest BCUT2D eigenvalue weighted by atomic mass is 9.84. The SMILES string of the molecule is Cc1ccc(/C=C/c2ccc(N(c3ccc(C)cc3)c3c4ccccc4c4c5cccc6cc7ccccc7c(c7cccc3c74)c65)cc2)cc1. The maximum absolute atomic E-state index is 2.47. The van der Waals surface area contributed by atoms with Gasteiger partial charge in [-0.1, -0.05) is 157 Å². The van der Waals surface area contributed by atoms with Gasteiger partial charge in [0, 0.05) is 27.5 Å². The molecule has 1 heteroatoms. The zero-order valence-corrected chi connectivity index (χ0v) is 28.7. The summed E-state index contributed by atoms with van der Waals surface area (Å²) in [5.74, 6) is 0. The van der Waals surface area contributed by atoms with Gasteiger partial charge in [-0.25, -0.2) is 0 Å². The molecule has 0 saturated carbocycles. The van der Waals surface area contributed by atoms with Crippen LogP contribution >= 0.6 is 0 Å². The summed E-state index contributed by atoms with van der Waals surface area (Å²) in [5.41, 5.74) is 8.35. The Morgan fingerprint density at radius 3 is 1.51 bits per heavy atom. The minimum Gasteiger partial charge on any atom is -0.309 e. The standard InChI is InChI=1S/C50H35N/c1-32-17-21-34(22-18-32)23-24-35-25-29-39(30-26-35)51(38-27-19-33(2)20-28-38)50-42-13-6-5-12-41(42)48-43-14-7-10-37-31-36-9-3-4-11-40(36)47(46(37)43)44-15-8-16-45(50)49(44)48/h3-31H,1-2H3/b24-23+. The molecule has 0 spiro atoms. The Labute approximate surface area is 297 Å². The van der Waals surface area contributed by atoms with Crippen molar-refractivity contribution in [1.29, 1.82) is 0 Å². The van der Waals surface area contributed by atoms with E-state index in [0.717, 1.165) is 11.4 Å². The number of benzene rings is 10. The van der Waals surface area contributed by atoms with E-state index in [2.05, 4.69) is 195 Å². The first-order chi connectivity index (χ1) is 25.1. The Bertz CT molecular complexity index is 2950. The van der Waals surface area contributed by atoms with Crippen molar-refractivity contribution in [2.75, 3.05) is 4.90 Å². The average molecular weight is 650 g/mol. The molecule has 1 nitrogen and oxygen atoms in total. The third kappa shape index (κ3) is 4.70. The van der Waals surface area contributed by atoms with E-state index in [1.165, 1.54) is 92.6 Å². The molecular formula is C50H35N. The lowest BCUT2D eigenvalue weighted by molar-refractivity contribution is 1.30. The maximum atomic E-state index is 2.47. The van der Waals surface area contributed by atoms with Crippen LogP contribution in [0.5, 0.6) is 0 Å². The van der Waals surface area contributed by atoms with Crippen LogP contribution in [-0.4, -0.2) is 0 Å². The highest BCUT2D eigenvalue weighted by Crippen LogP contribution is 2.51. The van der Waals surface area contributed by atoms with Crippen LogP contribution in [0.25, 0.3) is 76.8 Å². The van der Waals surface area contributed by atoms with Crippen molar-refractivity contribution < 1.29 is 0 Å². The molecule has 0 amide bonds. The van der Waals surface area contributed by atoms with Gasteiger partial charge < -0.3 is 4.90 Å². The van der Waals surface area contributed by atoms with E-state index in [4.69, 9.17) is 0 Å². The quantitative estimate of drug-likeness (QED) is 0.102. The summed E-state index contributed by atoms with van der Waals surface area (Å²) in [5, 5.41) is 15.6. The van der Waals surface area contributed by atoms with Crippen molar-refractivity contribution in [3.8, 4) is 0 Å². The van der Waals surface area contributed by atoms with Gasteiger partial charge in [0.15, 0.2) is 0 Å². The highest BCUT2D eigenvalue weighted by Gasteiger charge is 2.24. The summed E-state index contributed by atoms with van der Waals surface area (Å²) in [7, 11) is 0. The topological polar surface area (TPSA) is 3.24 Å². The van der Waals surface area contributed by atoms with Crippen molar-refractivity contribution in [3.05, 3.63) is 186 Å². The van der Waals surface area contributed by atoms with E-state index in [1.807, 2.05) is 0 Å². The molecule has 51 heavy (non-hydrogen) atoms. The fourth-order valence-electron chi connectivity index (χ4n) is 8.25. The first-order valence-corrected chi connectivity index (χ1v) is 17.8. The Kier molecular flexibility index (Phi) is 6.69. The van der Waals surface area contributed by atoms with Gasteiger partial charge in [0.25, 0.3) is 0 Å². The maximum Gasteiger partial charge on any atom is 0.0619 e. The second-order valence-electron chi connectivity index (χ2n) is 13.9. The van der Waals surface area contributed by atoms with Gasteiger partial charge >= 0.3 is 0 Å². The van der Waals surface area contributed by atoms with E-state index in [1.54, 1.807) is 0 Å². The predicted molar refractivity (Wildman–Crippen MR) is 222 cm³/mol. The second-order valence-corrected chi connectivity index (χ2v) is 13.9. The van der Waals surface area contributed by atoms with Crippen LogP contribution in [0, 0.1) is 13.8 Å². The molecule has 10 rings (SSSR count). The van der Waals surface area contributed by atoms with Crippen molar-refractivity contribution >= 4 is 93.8 Å². The lowest BCUT2D eigenvalue weighted by Crippen LogP contribution is -2.11. The fraction of sp³-hybridized carbons (Fsp3) is 0.0400. The van der Waals surface area contributed by atoms with Gasteiger partial charge in [0.2, 0.25) is 0 Å². The first kappa shape index (κ1) is 29.5. The van der Waals surface area contributed by atoms with Crippen LogP contribution in [0.2, 0.25) is 0 Å². The van der Waals surface area contributed by atoms with Gasteiger partial charge in [0.05, 0.1) is 5.69 Å². The van der Waals surface area contributed by atoms with Crippen LogP contribution < -0.4 is 4.90 Å². The monoisotopic (exact) mass is 649 g/mol. The Hall–Kier alpha value is -6.44. The van der Waals surface area contributed by atoms with E-state index >= 15 is 0 Å². The first-order valence-electron chi connectivity index (χ1n) is 17.8. The molecule has 0 aliphatic heterocycles. The number of fused-ring (bicyclic) bond motifs is 6. The van der Waals surface area contributed by atoms with Crippen LogP contribution in [0.1, 0.15) is 22.3 Å². The highest BCUT2D eigenvalue weighted by molar-refractivity contribution is 6.43. The van der Waals surface area contributed by atoms with Crippen molar-refractivity contribution in [1.82, 2.24) is 0 Å². The summed E-state index contributed by atoms with van der Waals surface area (Å²) in [6, 6.07) is 60.6. The minimum atomic E-state index is 1.13. The predicted octanol–water partition coefficient (Wildman–Crippen LogP) is 14.3. The van der Waals surface area contributed by atoms with Crippen LogP contribution in [0.4, 0.5) is 17.1 Å². The minimum absolute atomic E-state index is 1.13. The van der Waals surface area contributed by atoms with Crippen molar-refractivity contribution in [2.45, 2.75) is 13.8 Å². The van der Waals surface area contributed by atoms with E-state index in [9.17, 15) is 0 Å². The molecule has 240 valence electrons. The molecule has 0 radical (unpaired) electrons. The van der Waals surface area contributed by atoms with Gasteiger partial charge in [-0.05, 0) is 104 Å². The summed E-state index contributed by atoms with van der Waals surface area (Å²) in [6.07, 6.45) is 4.39. The summed E-state index contributed by atoms with van der Waals surface area (Å²) in [4.78, 5) is 2.47. The van der Waals surface area contributed by atoms with E-state index < -0.39 is 0 Å². The molecule has 0 saturated heterocycles. The molecule has 0 fully saturated rings. The number of rotatable bonds is 5. The molecular weight excluding hydrogens is 615 g/mol. The van der Waals surface area contributed by atoms with Crippen LogP contribution in [0.15, 0.2) is 164 Å². The zero-order valence-electron chi connectivity index (χ0n) is 28.7. The Morgan fingerprint density at radius 2 is 0.804 bits per heavy atom. The molecule has 0 aliphatic carbocycles. The number of hydrogen-bond acceptors (Lipinski definition) is 1. The molecule has 0 aromatic heterocycles. The number of nitrogens with zero attached hydrogens (tertiary/aromatic N) is 1. The van der Waals surface area contributed by atoms with Crippen LogP contribution in [0.3, 0.4) is 0 Å². The number of hydrogen-bond donors (Lipinski definition) is 0. The van der Waals surface area contributed by atoms with Crippen molar-refractivity contribution in [3.63, 3.8) is 0 Å². The molecule has 0 atom stereocenters. The summed E-state index contributed by atoms with van der Waals surface area (Å²) < 4.78 is 0. The normalized spacial score (nSPS) is 12.0. The largest absolute Gasteiger partial charge is 0.309 e. The smallest absolute Gasteiger partial charge is 0.0619 e. The van der Waals surface area contributed by atoms with Gasteiger partial charge in [-0.3, -0.25) is 0 Å². The molecule has 0 unspecified atom stereocenters. The Morgan fingerprint density at radius 1 is 0.353 bits per heavy atom. The highest BCUT2D eigenvalue weighted by atomic mass is 15.1. The summed E-state index contributed by atoms with van der Waals surface area (Å²) in [6.45, 7) is 4.28. The van der Waals surface area contributed by atoms with Gasteiger partial charge in [-0.15, -0.1) is 0 Å². The molecule has 0 N–H and O–H groups in total. The van der Waals surface area contributed by atoms with E-state index in [0.29, 0.717) is 0 Å². The zero-order chi connectivity index (χ0) is 34.1.